The average Bonchev–Trinajstić information content (AvgIpc) is 2.64. The first-order valence-corrected chi connectivity index (χ1v) is 7.18. The monoisotopic (exact) mass is 186 g/mol. The maximum absolute atomic E-state index is 2.13. The van der Waals surface area contributed by atoms with E-state index in [0.717, 1.165) is 23.7 Å². The Morgan fingerprint density at radius 3 is 1.91 bits per heavy atom. The van der Waals surface area contributed by atoms with Crippen LogP contribution >= 0.6 is 21.6 Å². The molecule has 11 heavy (non-hydrogen) atoms. The van der Waals surface area contributed by atoms with Gasteiger partial charge in [-0.2, -0.15) is 0 Å². The molecule has 0 aromatic rings. The van der Waals surface area contributed by atoms with Crippen LogP contribution in [-0.2, 0) is 0 Å². The Morgan fingerprint density at radius 2 is 1.36 bits per heavy atom. The second-order valence-corrected chi connectivity index (χ2v) is 6.78. The van der Waals surface area contributed by atoms with Crippen LogP contribution in [0.25, 0.3) is 0 Å². The third kappa shape index (κ3) is 0.983. The largest absolute Gasteiger partial charge is 0.0938 e. The molecule has 2 saturated carbocycles. The van der Waals surface area contributed by atoms with Crippen LogP contribution in [0.1, 0.15) is 19.3 Å². The van der Waals surface area contributed by atoms with Gasteiger partial charge in [0.05, 0.1) is 0 Å². The molecule has 0 aromatic carbocycles. The van der Waals surface area contributed by atoms with Gasteiger partial charge in [0.25, 0.3) is 0 Å². The minimum Gasteiger partial charge on any atom is -0.0938 e. The third-order valence-electron chi connectivity index (χ3n) is 3.88. The molecular formula is C9H14S2. The Kier molecular flexibility index (Phi) is 1.68. The fourth-order valence-corrected chi connectivity index (χ4v) is 6.37. The molecule has 62 valence electrons. The normalized spacial score (nSPS) is 54.5. The molecule has 4 atom stereocenters. The molecule has 0 N–H and O–H groups in total. The highest BCUT2D eigenvalue weighted by Crippen LogP contribution is 2.57. The molecule has 0 amide bonds. The van der Waals surface area contributed by atoms with Gasteiger partial charge in [-0.25, -0.2) is 0 Å². The predicted molar refractivity (Wildman–Crippen MR) is 52.7 cm³/mol. The van der Waals surface area contributed by atoms with E-state index in [1.54, 1.807) is 19.3 Å². The van der Waals surface area contributed by atoms with Gasteiger partial charge in [0, 0.05) is 11.5 Å². The summed E-state index contributed by atoms with van der Waals surface area (Å²) in [5.74, 6) is 7.52. The maximum Gasteiger partial charge on any atom is 0.00710 e. The highest BCUT2D eigenvalue weighted by atomic mass is 33.1. The van der Waals surface area contributed by atoms with Crippen LogP contribution in [-0.4, -0.2) is 11.5 Å². The van der Waals surface area contributed by atoms with Crippen molar-refractivity contribution in [2.45, 2.75) is 19.3 Å². The van der Waals surface area contributed by atoms with E-state index >= 15 is 0 Å². The van der Waals surface area contributed by atoms with E-state index in [4.69, 9.17) is 0 Å². The van der Waals surface area contributed by atoms with Crippen molar-refractivity contribution in [1.82, 2.24) is 0 Å². The smallest absolute Gasteiger partial charge is 0.00710 e. The maximum atomic E-state index is 2.13. The number of fused-ring (bicyclic) bond motifs is 5. The van der Waals surface area contributed by atoms with Gasteiger partial charge in [-0.1, -0.05) is 21.6 Å². The summed E-state index contributed by atoms with van der Waals surface area (Å²) in [5.41, 5.74) is 0. The van der Waals surface area contributed by atoms with Crippen LogP contribution < -0.4 is 0 Å². The lowest BCUT2D eigenvalue weighted by Gasteiger charge is -2.33. The van der Waals surface area contributed by atoms with E-state index in [9.17, 15) is 0 Å². The molecule has 1 saturated heterocycles. The molecule has 0 aromatic heterocycles. The summed E-state index contributed by atoms with van der Waals surface area (Å²) >= 11 is 0. The lowest BCUT2D eigenvalue weighted by molar-refractivity contribution is 0.268. The third-order valence-corrected chi connectivity index (χ3v) is 6.40. The first-order chi connectivity index (χ1) is 5.45. The Labute approximate surface area is 76.3 Å². The predicted octanol–water partition coefficient (Wildman–Crippen LogP) is 3.04. The van der Waals surface area contributed by atoms with Gasteiger partial charge < -0.3 is 0 Å². The molecule has 1 aliphatic heterocycles. The molecule has 3 aliphatic rings. The molecule has 3 fully saturated rings. The fraction of sp³-hybridized carbons (Fsp3) is 1.00. The van der Waals surface area contributed by atoms with Gasteiger partial charge in [0.2, 0.25) is 0 Å². The van der Waals surface area contributed by atoms with Crippen LogP contribution in [0, 0.1) is 23.7 Å². The number of hydrogen-bond donors (Lipinski definition) is 0. The van der Waals surface area contributed by atoms with E-state index in [1.807, 2.05) is 0 Å². The molecule has 2 unspecified atom stereocenters. The van der Waals surface area contributed by atoms with Gasteiger partial charge in [0.15, 0.2) is 0 Å². The Balaban J connectivity index is 1.84. The van der Waals surface area contributed by atoms with Gasteiger partial charge in [0.1, 0.15) is 0 Å². The van der Waals surface area contributed by atoms with Crippen LogP contribution in [0.3, 0.4) is 0 Å². The summed E-state index contributed by atoms with van der Waals surface area (Å²) in [6.07, 6.45) is 4.73. The first-order valence-electron chi connectivity index (χ1n) is 4.69. The molecule has 0 radical (unpaired) electrons. The minimum atomic E-state index is 1.14. The topological polar surface area (TPSA) is 0 Å². The van der Waals surface area contributed by atoms with E-state index in [2.05, 4.69) is 21.6 Å². The van der Waals surface area contributed by atoms with Crippen LogP contribution in [0.5, 0.6) is 0 Å². The van der Waals surface area contributed by atoms with Crippen molar-refractivity contribution < 1.29 is 0 Å². The zero-order chi connectivity index (χ0) is 7.26. The van der Waals surface area contributed by atoms with Crippen molar-refractivity contribution in [2.24, 2.45) is 23.7 Å². The summed E-state index contributed by atoms with van der Waals surface area (Å²) < 4.78 is 0. The van der Waals surface area contributed by atoms with Crippen LogP contribution in [0.4, 0.5) is 0 Å². The lowest BCUT2D eigenvalue weighted by Crippen LogP contribution is -2.28. The van der Waals surface area contributed by atoms with Crippen molar-refractivity contribution >= 4 is 21.6 Å². The molecule has 2 heteroatoms. The Bertz CT molecular complexity index is 151. The van der Waals surface area contributed by atoms with Crippen molar-refractivity contribution in [2.75, 3.05) is 11.5 Å². The molecule has 3 rings (SSSR count). The number of rotatable bonds is 0. The summed E-state index contributed by atoms with van der Waals surface area (Å²) in [6, 6.07) is 0. The fourth-order valence-electron chi connectivity index (χ4n) is 3.30. The second-order valence-electron chi connectivity index (χ2n) is 4.23. The summed E-state index contributed by atoms with van der Waals surface area (Å²) in [7, 11) is 4.26. The van der Waals surface area contributed by atoms with E-state index in [1.165, 1.54) is 11.5 Å². The number of hydrogen-bond acceptors (Lipinski definition) is 2. The highest BCUT2D eigenvalue weighted by molar-refractivity contribution is 8.76. The molecular weight excluding hydrogens is 172 g/mol. The first kappa shape index (κ1) is 7.14. The molecule has 1 heterocycles. The minimum absolute atomic E-state index is 1.14. The van der Waals surface area contributed by atoms with E-state index in [-0.39, 0.29) is 0 Å². The van der Waals surface area contributed by atoms with E-state index in [0.29, 0.717) is 0 Å². The molecule has 2 aliphatic carbocycles. The Morgan fingerprint density at radius 1 is 0.818 bits per heavy atom. The molecule has 0 spiro atoms. The quantitative estimate of drug-likeness (QED) is 0.533. The van der Waals surface area contributed by atoms with Crippen LogP contribution in [0.15, 0.2) is 0 Å². The van der Waals surface area contributed by atoms with Gasteiger partial charge in [-0.05, 0) is 42.9 Å². The van der Waals surface area contributed by atoms with Crippen molar-refractivity contribution in [3.63, 3.8) is 0 Å². The molecule has 2 bridgehead atoms. The van der Waals surface area contributed by atoms with Gasteiger partial charge in [-0.3, -0.25) is 0 Å². The zero-order valence-corrected chi connectivity index (χ0v) is 8.29. The van der Waals surface area contributed by atoms with Gasteiger partial charge >= 0.3 is 0 Å². The summed E-state index contributed by atoms with van der Waals surface area (Å²) in [4.78, 5) is 0. The SMILES string of the molecule is C1SSCC2C1[C@@H]1CC[C@H]2C1. The standard InChI is InChI=1S/C9H14S2/c1-2-7-3-6(1)8-4-10-11-5-9(7)8/h6-9H,1-5H2/t6-,7+,8?,9?. The van der Waals surface area contributed by atoms with Crippen molar-refractivity contribution in [3.8, 4) is 0 Å². The zero-order valence-electron chi connectivity index (χ0n) is 6.66. The van der Waals surface area contributed by atoms with E-state index < -0.39 is 0 Å². The average molecular weight is 186 g/mol. The van der Waals surface area contributed by atoms with Crippen molar-refractivity contribution in [1.29, 1.82) is 0 Å². The molecule has 0 nitrogen and oxygen atoms in total. The highest BCUT2D eigenvalue weighted by Gasteiger charge is 2.48. The van der Waals surface area contributed by atoms with Gasteiger partial charge in [-0.15, -0.1) is 0 Å². The Hall–Kier alpha value is 0.700. The summed E-state index contributed by atoms with van der Waals surface area (Å²) in [6.45, 7) is 0. The second kappa shape index (κ2) is 2.59. The van der Waals surface area contributed by atoms with Crippen LogP contribution in [0.2, 0.25) is 0 Å². The summed E-state index contributed by atoms with van der Waals surface area (Å²) in [5, 5.41) is 0. The van der Waals surface area contributed by atoms with Crippen molar-refractivity contribution in [3.05, 3.63) is 0 Å². The lowest BCUT2D eigenvalue weighted by atomic mass is 9.81.